The molecule has 0 aliphatic heterocycles. The highest BCUT2D eigenvalue weighted by Crippen LogP contribution is 2.24. The van der Waals surface area contributed by atoms with Crippen LogP contribution in [0, 0.1) is 5.82 Å². The summed E-state index contributed by atoms with van der Waals surface area (Å²) in [7, 11) is 0. The lowest BCUT2D eigenvalue weighted by atomic mass is 10.1. The number of hydrogen-bond donors (Lipinski definition) is 0. The zero-order valence-corrected chi connectivity index (χ0v) is 12.7. The maximum atomic E-state index is 14.0. The maximum Gasteiger partial charge on any atom is 0.165 e. The largest absolute Gasteiger partial charge is 0.491 e. The van der Waals surface area contributed by atoms with Gasteiger partial charge in [0.15, 0.2) is 11.6 Å². The normalized spacial score (nSPS) is 10.6. The van der Waals surface area contributed by atoms with Crippen molar-refractivity contribution in [1.82, 2.24) is 4.98 Å². The zero-order chi connectivity index (χ0) is 15.1. The SMILES string of the molecule is CCCCOc1ccc(-c2ccc(CCC)cn2)cc1F. The van der Waals surface area contributed by atoms with Crippen molar-refractivity contribution in [2.24, 2.45) is 0 Å². The fraction of sp³-hybridized carbons (Fsp3) is 0.389. The Labute approximate surface area is 126 Å². The van der Waals surface area contributed by atoms with Gasteiger partial charge in [-0.3, -0.25) is 4.98 Å². The van der Waals surface area contributed by atoms with Gasteiger partial charge in [-0.15, -0.1) is 0 Å². The summed E-state index contributed by atoms with van der Waals surface area (Å²) in [6.45, 7) is 4.77. The average molecular weight is 287 g/mol. The molecule has 0 amide bonds. The van der Waals surface area contributed by atoms with Gasteiger partial charge in [-0.2, -0.15) is 0 Å². The Morgan fingerprint density at radius 2 is 1.95 bits per heavy atom. The van der Waals surface area contributed by atoms with Gasteiger partial charge in [0.25, 0.3) is 0 Å². The van der Waals surface area contributed by atoms with Crippen LogP contribution in [-0.2, 0) is 6.42 Å². The highest BCUT2D eigenvalue weighted by Gasteiger charge is 2.07. The summed E-state index contributed by atoms with van der Waals surface area (Å²) in [6.07, 6.45) is 5.95. The van der Waals surface area contributed by atoms with Crippen molar-refractivity contribution in [2.75, 3.05) is 6.61 Å². The molecule has 3 heteroatoms. The lowest BCUT2D eigenvalue weighted by Gasteiger charge is -2.08. The lowest BCUT2D eigenvalue weighted by Crippen LogP contribution is -1.99. The number of nitrogens with zero attached hydrogens (tertiary/aromatic N) is 1. The van der Waals surface area contributed by atoms with Crippen LogP contribution in [0.1, 0.15) is 38.7 Å². The number of aromatic nitrogens is 1. The molecule has 1 aromatic carbocycles. The van der Waals surface area contributed by atoms with Crippen LogP contribution < -0.4 is 4.74 Å². The van der Waals surface area contributed by atoms with E-state index < -0.39 is 0 Å². The van der Waals surface area contributed by atoms with E-state index in [2.05, 4.69) is 24.9 Å². The van der Waals surface area contributed by atoms with Gasteiger partial charge in [-0.1, -0.05) is 32.8 Å². The Morgan fingerprint density at radius 1 is 1.10 bits per heavy atom. The van der Waals surface area contributed by atoms with Crippen LogP contribution in [0.15, 0.2) is 36.5 Å². The van der Waals surface area contributed by atoms with Gasteiger partial charge in [-0.25, -0.2) is 4.39 Å². The molecular weight excluding hydrogens is 265 g/mol. The van der Waals surface area contributed by atoms with Crippen LogP contribution in [0.3, 0.4) is 0 Å². The van der Waals surface area contributed by atoms with E-state index in [1.165, 1.54) is 11.6 Å². The van der Waals surface area contributed by atoms with Crippen molar-refractivity contribution in [2.45, 2.75) is 39.5 Å². The molecule has 2 aromatic rings. The minimum atomic E-state index is -0.331. The van der Waals surface area contributed by atoms with Crippen molar-refractivity contribution < 1.29 is 9.13 Å². The fourth-order valence-electron chi connectivity index (χ4n) is 2.14. The van der Waals surface area contributed by atoms with Crippen molar-refractivity contribution in [1.29, 1.82) is 0 Å². The first kappa shape index (κ1) is 15.5. The molecule has 0 fully saturated rings. The lowest BCUT2D eigenvalue weighted by molar-refractivity contribution is 0.294. The molecule has 21 heavy (non-hydrogen) atoms. The van der Waals surface area contributed by atoms with Crippen molar-refractivity contribution >= 4 is 0 Å². The van der Waals surface area contributed by atoms with Crippen LogP contribution >= 0.6 is 0 Å². The Kier molecular flexibility index (Phi) is 5.73. The second-order valence-corrected chi connectivity index (χ2v) is 5.15. The summed E-state index contributed by atoms with van der Waals surface area (Å²) >= 11 is 0. The van der Waals surface area contributed by atoms with E-state index in [1.54, 1.807) is 6.07 Å². The van der Waals surface area contributed by atoms with Gasteiger partial charge in [0, 0.05) is 11.8 Å². The van der Waals surface area contributed by atoms with E-state index in [9.17, 15) is 4.39 Å². The Hall–Kier alpha value is -1.90. The van der Waals surface area contributed by atoms with Gasteiger partial charge in [0.1, 0.15) is 0 Å². The molecule has 1 aromatic heterocycles. The van der Waals surface area contributed by atoms with E-state index in [0.29, 0.717) is 12.4 Å². The van der Waals surface area contributed by atoms with Gasteiger partial charge >= 0.3 is 0 Å². The molecule has 0 N–H and O–H groups in total. The number of rotatable bonds is 7. The Bertz CT molecular complexity index is 566. The molecule has 0 atom stereocenters. The van der Waals surface area contributed by atoms with Crippen LogP contribution in [0.5, 0.6) is 5.75 Å². The molecule has 0 bridgehead atoms. The van der Waals surface area contributed by atoms with E-state index >= 15 is 0 Å². The highest BCUT2D eigenvalue weighted by molar-refractivity contribution is 5.60. The van der Waals surface area contributed by atoms with Crippen LogP contribution in [-0.4, -0.2) is 11.6 Å². The monoisotopic (exact) mass is 287 g/mol. The molecule has 112 valence electrons. The van der Waals surface area contributed by atoms with E-state index in [-0.39, 0.29) is 5.82 Å². The third-order valence-electron chi connectivity index (χ3n) is 3.35. The molecule has 1 heterocycles. The average Bonchev–Trinajstić information content (AvgIpc) is 2.50. The molecule has 0 saturated carbocycles. The summed E-state index contributed by atoms with van der Waals surface area (Å²) in [5, 5.41) is 0. The number of benzene rings is 1. The number of hydrogen-bond acceptors (Lipinski definition) is 2. The third-order valence-corrected chi connectivity index (χ3v) is 3.35. The second kappa shape index (κ2) is 7.77. The number of halogens is 1. The Morgan fingerprint density at radius 3 is 2.57 bits per heavy atom. The smallest absolute Gasteiger partial charge is 0.165 e. The number of aryl methyl sites for hydroxylation is 1. The van der Waals surface area contributed by atoms with Crippen molar-refractivity contribution in [3.05, 3.63) is 47.9 Å². The third kappa shape index (κ3) is 4.28. The molecule has 0 saturated heterocycles. The first-order valence-electron chi connectivity index (χ1n) is 7.62. The fourth-order valence-corrected chi connectivity index (χ4v) is 2.14. The first-order valence-corrected chi connectivity index (χ1v) is 7.62. The standard InChI is InChI=1S/C18H22FNO/c1-3-5-11-21-18-10-8-15(12-16(18)19)17-9-7-14(6-4-2)13-20-17/h7-10,12-13H,3-6,11H2,1-2H3. The quantitative estimate of drug-likeness (QED) is 0.667. The molecule has 0 radical (unpaired) electrons. The number of unbranched alkanes of at least 4 members (excludes halogenated alkanes) is 1. The summed E-state index contributed by atoms with van der Waals surface area (Å²) in [5.74, 6) is -0.0159. The molecule has 2 rings (SSSR count). The molecule has 0 aliphatic carbocycles. The predicted octanol–water partition coefficient (Wildman–Crippen LogP) is 5.02. The molecule has 2 nitrogen and oxygen atoms in total. The zero-order valence-electron chi connectivity index (χ0n) is 12.7. The summed E-state index contributed by atoms with van der Waals surface area (Å²) < 4.78 is 19.4. The van der Waals surface area contributed by atoms with Gasteiger partial charge in [-0.05, 0) is 42.7 Å². The number of pyridine rings is 1. The molecule has 0 unspecified atom stereocenters. The van der Waals surface area contributed by atoms with Gasteiger partial charge < -0.3 is 4.74 Å². The van der Waals surface area contributed by atoms with Crippen LogP contribution in [0.25, 0.3) is 11.3 Å². The first-order chi connectivity index (χ1) is 10.2. The van der Waals surface area contributed by atoms with E-state index in [4.69, 9.17) is 4.74 Å². The molecular formula is C18H22FNO. The summed E-state index contributed by atoms with van der Waals surface area (Å²) in [4.78, 5) is 4.41. The summed E-state index contributed by atoms with van der Waals surface area (Å²) in [6, 6.07) is 9.02. The van der Waals surface area contributed by atoms with Gasteiger partial charge in [0.05, 0.1) is 12.3 Å². The van der Waals surface area contributed by atoms with Crippen LogP contribution in [0.2, 0.25) is 0 Å². The minimum absolute atomic E-state index is 0.315. The minimum Gasteiger partial charge on any atom is -0.491 e. The van der Waals surface area contributed by atoms with E-state index in [1.807, 2.05) is 18.3 Å². The molecule has 0 aliphatic rings. The van der Waals surface area contributed by atoms with Gasteiger partial charge in [0.2, 0.25) is 0 Å². The highest BCUT2D eigenvalue weighted by atomic mass is 19.1. The Balaban J connectivity index is 2.11. The van der Waals surface area contributed by atoms with Crippen molar-refractivity contribution in [3.8, 4) is 17.0 Å². The number of ether oxygens (including phenoxy) is 1. The summed E-state index contributed by atoms with van der Waals surface area (Å²) in [5.41, 5.74) is 2.77. The maximum absolute atomic E-state index is 14.0. The van der Waals surface area contributed by atoms with Crippen molar-refractivity contribution in [3.63, 3.8) is 0 Å². The van der Waals surface area contributed by atoms with E-state index in [0.717, 1.165) is 36.9 Å². The topological polar surface area (TPSA) is 22.1 Å². The predicted molar refractivity (Wildman–Crippen MR) is 84.0 cm³/mol. The van der Waals surface area contributed by atoms with Crippen LogP contribution in [0.4, 0.5) is 4.39 Å². The molecule has 0 spiro atoms. The second-order valence-electron chi connectivity index (χ2n) is 5.15.